The number of halogens is 1. The van der Waals surface area contributed by atoms with Crippen LogP contribution in [0, 0.1) is 12.2 Å². The quantitative estimate of drug-likeness (QED) is 0.509. The normalized spacial score (nSPS) is 13.7. The lowest BCUT2D eigenvalue weighted by Gasteiger charge is -1.95. The average molecular weight is 133 g/mol. The van der Waals surface area contributed by atoms with Gasteiger partial charge in [0, 0.05) is 6.42 Å². The second-order valence-electron chi connectivity index (χ2n) is 2.30. The molecule has 49 valence electrons. The van der Waals surface area contributed by atoms with E-state index in [2.05, 4.69) is 0 Å². The molecule has 1 aromatic rings. The Hall–Kier alpha value is -1.11. The summed E-state index contributed by atoms with van der Waals surface area (Å²) in [5, 5.41) is 0. The minimum absolute atomic E-state index is 0.168. The third kappa shape index (κ3) is 0.747. The Morgan fingerprint density at radius 2 is 2.00 bits per heavy atom. The summed E-state index contributed by atoms with van der Waals surface area (Å²) in [6.45, 7) is 0. The van der Waals surface area contributed by atoms with E-state index in [-0.39, 0.29) is 5.82 Å². The fourth-order valence-electron chi connectivity index (χ4n) is 1.10. The summed E-state index contributed by atoms with van der Waals surface area (Å²) >= 11 is 0. The Morgan fingerprint density at radius 1 is 1.10 bits per heavy atom. The Labute approximate surface area is 59.0 Å². The van der Waals surface area contributed by atoms with Gasteiger partial charge in [-0.1, -0.05) is 18.2 Å². The fourth-order valence-corrected chi connectivity index (χ4v) is 1.10. The van der Waals surface area contributed by atoms with Crippen LogP contribution in [-0.2, 0) is 0 Å². The number of rotatable bonds is 0. The SMILES string of the molecule is Fc1ccc2c(c1)C=C[CH]2. The predicted octanol–water partition coefficient (Wildman–Crippen LogP) is 2.40. The molecule has 10 heavy (non-hydrogen) atoms. The summed E-state index contributed by atoms with van der Waals surface area (Å²) in [5.41, 5.74) is 2.07. The zero-order valence-corrected chi connectivity index (χ0v) is 5.34. The third-order valence-corrected chi connectivity index (χ3v) is 1.60. The van der Waals surface area contributed by atoms with Crippen LogP contribution in [0.5, 0.6) is 0 Å². The van der Waals surface area contributed by atoms with Crippen molar-refractivity contribution >= 4 is 6.08 Å². The maximum absolute atomic E-state index is 12.5. The highest BCUT2D eigenvalue weighted by atomic mass is 19.1. The molecule has 0 amide bonds. The average Bonchev–Trinajstić information content (AvgIpc) is 2.33. The molecule has 0 N–H and O–H groups in total. The maximum Gasteiger partial charge on any atom is 0.123 e. The van der Waals surface area contributed by atoms with E-state index in [0.717, 1.165) is 11.1 Å². The van der Waals surface area contributed by atoms with Crippen molar-refractivity contribution in [2.75, 3.05) is 0 Å². The molecule has 0 aliphatic heterocycles. The largest absolute Gasteiger partial charge is 0.207 e. The Bertz CT molecular complexity index is 287. The van der Waals surface area contributed by atoms with Gasteiger partial charge in [-0.2, -0.15) is 0 Å². The number of benzene rings is 1. The van der Waals surface area contributed by atoms with E-state index in [4.69, 9.17) is 0 Å². The first-order valence-corrected chi connectivity index (χ1v) is 3.17. The molecule has 1 aliphatic rings. The van der Waals surface area contributed by atoms with Crippen molar-refractivity contribution in [2.24, 2.45) is 0 Å². The summed E-state index contributed by atoms with van der Waals surface area (Å²) in [7, 11) is 0. The highest BCUT2D eigenvalue weighted by Crippen LogP contribution is 2.20. The van der Waals surface area contributed by atoms with Crippen molar-refractivity contribution in [3.8, 4) is 0 Å². The minimum atomic E-state index is -0.168. The van der Waals surface area contributed by atoms with Gasteiger partial charge in [0.05, 0.1) is 0 Å². The van der Waals surface area contributed by atoms with E-state index in [9.17, 15) is 4.39 Å². The van der Waals surface area contributed by atoms with Crippen molar-refractivity contribution in [3.05, 3.63) is 47.6 Å². The lowest BCUT2D eigenvalue weighted by molar-refractivity contribution is 0.627. The first-order chi connectivity index (χ1) is 4.86. The lowest BCUT2D eigenvalue weighted by atomic mass is 10.1. The van der Waals surface area contributed by atoms with Crippen LogP contribution in [0.4, 0.5) is 4.39 Å². The zero-order chi connectivity index (χ0) is 6.97. The highest BCUT2D eigenvalue weighted by Gasteiger charge is 2.04. The van der Waals surface area contributed by atoms with Crippen molar-refractivity contribution in [1.82, 2.24) is 0 Å². The van der Waals surface area contributed by atoms with Crippen LogP contribution in [0.3, 0.4) is 0 Å². The summed E-state index contributed by atoms with van der Waals surface area (Å²) in [6, 6.07) is 4.79. The van der Waals surface area contributed by atoms with Gasteiger partial charge in [0.25, 0.3) is 0 Å². The summed E-state index contributed by atoms with van der Waals surface area (Å²) in [4.78, 5) is 0. The van der Waals surface area contributed by atoms with Crippen LogP contribution in [0.15, 0.2) is 24.3 Å². The van der Waals surface area contributed by atoms with Gasteiger partial charge in [0.15, 0.2) is 0 Å². The minimum Gasteiger partial charge on any atom is -0.207 e. The highest BCUT2D eigenvalue weighted by molar-refractivity contribution is 5.64. The number of allylic oxidation sites excluding steroid dienone is 1. The van der Waals surface area contributed by atoms with E-state index >= 15 is 0 Å². The molecular weight excluding hydrogens is 127 g/mol. The van der Waals surface area contributed by atoms with Gasteiger partial charge in [-0.25, -0.2) is 4.39 Å². The van der Waals surface area contributed by atoms with Crippen LogP contribution in [0.1, 0.15) is 11.1 Å². The van der Waals surface area contributed by atoms with Crippen molar-refractivity contribution in [1.29, 1.82) is 0 Å². The van der Waals surface area contributed by atoms with Gasteiger partial charge in [-0.3, -0.25) is 0 Å². The molecule has 0 aromatic heterocycles. The lowest BCUT2D eigenvalue weighted by Crippen LogP contribution is -1.80. The van der Waals surface area contributed by atoms with Crippen LogP contribution in [-0.4, -0.2) is 0 Å². The van der Waals surface area contributed by atoms with Crippen molar-refractivity contribution < 1.29 is 4.39 Å². The molecular formula is C9H6F. The molecule has 0 saturated heterocycles. The molecule has 0 unspecified atom stereocenters. The van der Waals surface area contributed by atoms with Crippen molar-refractivity contribution in [2.45, 2.75) is 0 Å². The molecule has 0 spiro atoms. The zero-order valence-electron chi connectivity index (χ0n) is 5.34. The Kier molecular flexibility index (Phi) is 1.10. The first-order valence-electron chi connectivity index (χ1n) is 3.17. The van der Waals surface area contributed by atoms with Crippen LogP contribution < -0.4 is 0 Å². The molecule has 0 saturated carbocycles. The number of hydrogen-bond acceptors (Lipinski definition) is 0. The molecule has 2 rings (SSSR count). The van der Waals surface area contributed by atoms with E-state index < -0.39 is 0 Å². The molecule has 1 heteroatoms. The molecule has 1 radical (unpaired) electrons. The maximum atomic E-state index is 12.5. The van der Waals surface area contributed by atoms with Crippen LogP contribution in [0.2, 0.25) is 0 Å². The number of hydrogen-bond donors (Lipinski definition) is 0. The predicted molar refractivity (Wildman–Crippen MR) is 38.8 cm³/mol. The summed E-state index contributed by atoms with van der Waals surface area (Å²) in [5.74, 6) is -0.168. The van der Waals surface area contributed by atoms with Crippen LogP contribution >= 0.6 is 0 Å². The molecule has 0 nitrogen and oxygen atoms in total. The molecule has 1 aromatic carbocycles. The van der Waals surface area contributed by atoms with Gasteiger partial charge in [0.2, 0.25) is 0 Å². The van der Waals surface area contributed by atoms with Gasteiger partial charge in [0.1, 0.15) is 5.82 Å². The first kappa shape index (κ1) is 5.66. The van der Waals surface area contributed by atoms with Gasteiger partial charge in [-0.15, -0.1) is 0 Å². The second-order valence-corrected chi connectivity index (χ2v) is 2.30. The molecule has 0 atom stereocenters. The topological polar surface area (TPSA) is 0 Å². The molecule has 0 heterocycles. The van der Waals surface area contributed by atoms with E-state index in [1.807, 2.05) is 18.6 Å². The van der Waals surface area contributed by atoms with Crippen molar-refractivity contribution in [3.63, 3.8) is 0 Å². The molecule has 0 fully saturated rings. The van der Waals surface area contributed by atoms with E-state index in [0.29, 0.717) is 0 Å². The number of fused-ring (bicyclic) bond motifs is 1. The third-order valence-electron chi connectivity index (χ3n) is 1.60. The molecule has 0 bridgehead atoms. The van der Waals surface area contributed by atoms with E-state index in [1.165, 1.54) is 12.1 Å². The summed E-state index contributed by atoms with van der Waals surface area (Å²) < 4.78 is 12.5. The smallest absolute Gasteiger partial charge is 0.123 e. The Balaban J connectivity index is 2.60. The summed E-state index contributed by atoms with van der Waals surface area (Å²) in [6.07, 6.45) is 5.79. The fraction of sp³-hybridized carbons (Fsp3) is 0. The second kappa shape index (κ2) is 1.94. The van der Waals surface area contributed by atoms with Crippen LogP contribution in [0.25, 0.3) is 6.08 Å². The monoisotopic (exact) mass is 133 g/mol. The van der Waals surface area contributed by atoms with Gasteiger partial charge >= 0.3 is 0 Å². The van der Waals surface area contributed by atoms with E-state index in [1.54, 1.807) is 6.07 Å². The molecule has 1 aliphatic carbocycles. The Morgan fingerprint density at radius 3 is 2.90 bits per heavy atom. The standard InChI is InChI=1S/C9H6F/c10-9-5-4-7-2-1-3-8(7)6-9/h1-6H. The van der Waals surface area contributed by atoms with Gasteiger partial charge < -0.3 is 0 Å². The van der Waals surface area contributed by atoms with Gasteiger partial charge in [-0.05, 0) is 23.3 Å².